The van der Waals surface area contributed by atoms with Crippen molar-refractivity contribution in [3.8, 4) is 5.75 Å². The summed E-state index contributed by atoms with van der Waals surface area (Å²) in [7, 11) is 0. The van der Waals surface area contributed by atoms with E-state index in [9.17, 15) is 9.59 Å². The smallest absolute Gasteiger partial charge is 0.262 e. The number of imidazole rings is 1. The second-order valence-electron chi connectivity index (χ2n) is 8.42. The van der Waals surface area contributed by atoms with Crippen LogP contribution in [0.3, 0.4) is 0 Å². The molecule has 3 aromatic rings. The standard InChI is InChI=1S/C25H26N4O3/c30-24-17-32-22-7-6-20(14-21(22)27-24)25(31)19-8-11-28(12-9-19)16-23-26-10-13-29(23)15-18-4-2-1-3-5-18/h1-7,10,13-14,19H,8-9,11-12,15-17H2,(H,27,30). The average molecular weight is 431 g/mol. The number of Topliss-reactive ketones (excluding diaryl/α,β-unsaturated/α-hetero) is 1. The summed E-state index contributed by atoms with van der Waals surface area (Å²) in [5.74, 6) is 1.60. The molecule has 1 aromatic heterocycles. The molecule has 0 atom stereocenters. The Kier molecular flexibility index (Phi) is 5.73. The van der Waals surface area contributed by atoms with Crippen molar-refractivity contribution in [3.05, 3.63) is 77.9 Å². The van der Waals surface area contributed by atoms with Crippen LogP contribution in [-0.2, 0) is 17.9 Å². The highest BCUT2D eigenvalue weighted by Crippen LogP contribution is 2.31. The molecule has 1 fully saturated rings. The van der Waals surface area contributed by atoms with Crippen molar-refractivity contribution in [2.75, 3.05) is 25.0 Å². The number of rotatable bonds is 6. The molecule has 0 aliphatic carbocycles. The van der Waals surface area contributed by atoms with Gasteiger partial charge < -0.3 is 14.6 Å². The molecule has 7 nitrogen and oxygen atoms in total. The Labute approximate surface area is 187 Å². The van der Waals surface area contributed by atoms with E-state index in [0.29, 0.717) is 17.0 Å². The first-order valence-corrected chi connectivity index (χ1v) is 11.0. The Morgan fingerprint density at radius 3 is 2.72 bits per heavy atom. The predicted octanol–water partition coefficient (Wildman–Crippen LogP) is 3.36. The number of likely N-dealkylation sites (tertiary alicyclic amines) is 1. The third-order valence-corrected chi connectivity index (χ3v) is 6.22. The highest BCUT2D eigenvalue weighted by atomic mass is 16.5. The second kappa shape index (κ2) is 8.96. The molecule has 0 saturated carbocycles. The summed E-state index contributed by atoms with van der Waals surface area (Å²) >= 11 is 0. The zero-order valence-corrected chi connectivity index (χ0v) is 17.9. The number of aromatic nitrogens is 2. The second-order valence-corrected chi connectivity index (χ2v) is 8.42. The van der Waals surface area contributed by atoms with Crippen LogP contribution in [0.15, 0.2) is 60.9 Å². The zero-order chi connectivity index (χ0) is 21.9. The quantitative estimate of drug-likeness (QED) is 0.607. The van der Waals surface area contributed by atoms with Crippen LogP contribution in [0.25, 0.3) is 0 Å². The first kappa shape index (κ1) is 20.5. The molecule has 1 amide bonds. The lowest BCUT2D eigenvalue weighted by molar-refractivity contribution is -0.118. The van der Waals surface area contributed by atoms with Gasteiger partial charge in [0, 0.05) is 30.4 Å². The number of nitrogens with one attached hydrogen (secondary N) is 1. The van der Waals surface area contributed by atoms with Crippen LogP contribution in [0.5, 0.6) is 5.75 Å². The lowest BCUT2D eigenvalue weighted by atomic mass is 9.88. The van der Waals surface area contributed by atoms with Gasteiger partial charge in [-0.1, -0.05) is 30.3 Å². The van der Waals surface area contributed by atoms with E-state index in [0.717, 1.165) is 44.8 Å². The first-order valence-electron chi connectivity index (χ1n) is 11.0. The van der Waals surface area contributed by atoms with Crippen molar-refractivity contribution in [2.24, 2.45) is 5.92 Å². The van der Waals surface area contributed by atoms with Crippen molar-refractivity contribution in [1.29, 1.82) is 0 Å². The third kappa shape index (κ3) is 4.43. The van der Waals surface area contributed by atoms with E-state index < -0.39 is 0 Å². The number of nitrogens with zero attached hydrogens (tertiary/aromatic N) is 3. The molecule has 0 bridgehead atoms. The van der Waals surface area contributed by atoms with Crippen molar-refractivity contribution in [2.45, 2.75) is 25.9 Å². The number of amides is 1. The summed E-state index contributed by atoms with van der Waals surface area (Å²) < 4.78 is 7.58. The molecule has 2 aliphatic rings. The maximum atomic E-state index is 13.1. The van der Waals surface area contributed by atoms with Crippen LogP contribution in [0.2, 0.25) is 0 Å². The molecule has 1 N–H and O–H groups in total. The summed E-state index contributed by atoms with van der Waals surface area (Å²) in [4.78, 5) is 31.6. The lowest BCUT2D eigenvalue weighted by Crippen LogP contribution is -2.36. The molecule has 164 valence electrons. The molecule has 5 rings (SSSR count). The van der Waals surface area contributed by atoms with Crippen LogP contribution < -0.4 is 10.1 Å². The van der Waals surface area contributed by atoms with E-state index >= 15 is 0 Å². The topological polar surface area (TPSA) is 76.5 Å². The van der Waals surface area contributed by atoms with Gasteiger partial charge in [0.2, 0.25) is 0 Å². The molecule has 1 saturated heterocycles. The number of hydrogen-bond donors (Lipinski definition) is 1. The van der Waals surface area contributed by atoms with Gasteiger partial charge in [-0.25, -0.2) is 4.98 Å². The van der Waals surface area contributed by atoms with Gasteiger partial charge in [-0.05, 0) is 49.7 Å². The number of fused-ring (bicyclic) bond motifs is 1. The maximum absolute atomic E-state index is 13.1. The van der Waals surface area contributed by atoms with Crippen LogP contribution in [0.4, 0.5) is 5.69 Å². The van der Waals surface area contributed by atoms with E-state index in [1.165, 1.54) is 5.56 Å². The monoisotopic (exact) mass is 430 g/mol. The molecule has 2 aromatic carbocycles. The van der Waals surface area contributed by atoms with E-state index in [4.69, 9.17) is 4.74 Å². The Bertz CT molecular complexity index is 1120. The molecule has 0 spiro atoms. The van der Waals surface area contributed by atoms with E-state index in [-0.39, 0.29) is 24.2 Å². The summed E-state index contributed by atoms with van der Waals surface area (Å²) in [6, 6.07) is 15.7. The van der Waals surface area contributed by atoms with Gasteiger partial charge in [0.15, 0.2) is 12.4 Å². The fourth-order valence-electron chi connectivity index (χ4n) is 4.44. The summed E-state index contributed by atoms with van der Waals surface area (Å²) in [6.45, 7) is 3.33. The van der Waals surface area contributed by atoms with Crippen LogP contribution in [0.1, 0.15) is 34.6 Å². The number of piperidine rings is 1. The van der Waals surface area contributed by atoms with Crippen LogP contribution >= 0.6 is 0 Å². The predicted molar refractivity (Wildman–Crippen MR) is 121 cm³/mol. The van der Waals surface area contributed by atoms with Gasteiger partial charge >= 0.3 is 0 Å². The Morgan fingerprint density at radius 2 is 1.91 bits per heavy atom. The minimum atomic E-state index is -0.193. The molecular weight excluding hydrogens is 404 g/mol. The van der Waals surface area contributed by atoms with Gasteiger partial charge in [0.25, 0.3) is 5.91 Å². The number of carbonyl (C=O) groups excluding carboxylic acids is 2. The summed E-state index contributed by atoms with van der Waals surface area (Å²) in [5, 5.41) is 2.78. The zero-order valence-electron chi connectivity index (χ0n) is 17.9. The van der Waals surface area contributed by atoms with Crippen molar-refractivity contribution < 1.29 is 14.3 Å². The third-order valence-electron chi connectivity index (χ3n) is 6.22. The van der Waals surface area contributed by atoms with Gasteiger partial charge in [-0.3, -0.25) is 14.5 Å². The number of benzene rings is 2. The van der Waals surface area contributed by atoms with E-state index in [1.807, 2.05) is 18.5 Å². The molecule has 7 heteroatoms. The summed E-state index contributed by atoms with van der Waals surface area (Å²) in [6.07, 6.45) is 5.51. The molecule has 0 radical (unpaired) electrons. The van der Waals surface area contributed by atoms with Gasteiger partial charge in [0.1, 0.15) is 11.6 Å². The lowest BCUT2D eigenvalue weighted by Gasteiger charge is -2.31. The van der Waals surface area contributed by atoms with Crippen LogP contribution in [-0.4, -0.2) is 45.8 Å². The first-order chi connectivity index (χ1) is 15.7. The Balaban J connectivity index is 1.18. The molecule has 3 heterocycles. The minimum Gasteiger partial charge on any atom is -0.482 e. The fourth-order valence-corrected chi connectivity index (χ4v) is 4.44. The highest BCUT2D eigenvalue weighted by molar-refractivity contribution is 6.01. The van der Waals surface area contributed by atoms with Crippen molar-refractivity contribution in [1.82, 2.24) is 14.5 Å². The number of ether oxygens (including phenoxy) is 1. The van der Waals surface area contributed by atoms with Crippen LogP contribution in [0, 0.1) is 5.92 Å². The minimum absolute atomic E-state index is 0.00595. The van der Waals surface area contributed by atoms with E-state index in [1.54, 1.807) is 18.2 Å². The van der Waals surface area contributed by atoms with Gasteiger partial charge in [-0.2, -0.15) is 0 Å². The average Bonchev–Trinajstić information content (AvgIpc) is 3.25. The Hall–Kier alpha value is -3.45. The van der Waals surface area contributed by atoms with Gasteiger partial charge in [0.05, 0.1) is 12.2 Å². The molecule has 0 unspecified atom stereocenters. The van der Waals surface area contributed by atoms with Gasteiger partial charge in [-0.15, -0.1) is 0 Å². The number of hydrogen-bond acceptors (Lipinski definition) is 5. The normalized spacial score (nSPS) is 16.8. The SMILES string of the molecule is O=C1COc2ccc(C(=O)C3CCN(Cc4nccn4Cc4ccccc4)CC3)cc2N1. The maximum Gasteiger partial charge on any atom is 0.262 e. The number of carbonyl (C=O) groups is 2. The highest BCUT2D eigenvalue weighted by Gasteiger charge is 2.27. The number of anilines is 1. The Morgan fingerprint density at radius 1 is 1.09 bits per heavy atom. The van der Waals surface area contributed by atoms with Crippen molar-refractivity contribution in [3.63, 3.8) is 0 Å². The van der Waals surface area contributed by atoms with Crippen molar-refractivity contribution >= 4 is 17.4 Å². The van der Waals surface area contributed by atoms with E-state index in [2.05, 4.69) is 44.0 Å². The largest absolute Gasteiger partial charge is 0.482 e. The molecule has 32 heavy (non-hydrogen) atoms. The molecular formula is C25H26N4O3. The fraction of sp³-hybridized carbons (Fsp3) is 0.320. The summed E-state index contributed by atoms with van der Waals surface area (Å²) in [5.41, 5.74) is 2.46. The molecule has 2 aliphatic heterocycles. The number of ketones is 1.